The monoisotopic (exact) mass is 286 g/mol. The molecule has 0 radical (unpaired) electrons. The Labute approximate surface area is 126 Å². The molecule has 0 saturated carbocycles. The molecule has 1 N–H and O–H groups in total. The smallest absolute Gasteiger partial charge is 0.125 e. The molecule has 3 heteroatoms. The van der Waals surface area contributed by atoms with Crippen LogP contribution in [0.1, 0.15) is 25.0 Å². The highest BCUT2D eigenvalue weighted by atomic mass is 19.1. The fourth-order valence-electron chi connectivity index (χ4n) is 2.40. The molecule has 2 aromatic carbocycles. The third kappa shape index (κ3) is 3.97. The molecule has 112 valence electrons. The first kappa shape index (κ1) is 15.4. The third-order valence-corrected chi connectivity index (χ3v) is 3.75. The number of hydrogen-bond donors (Lipinski definition) is 1. The van der Waals surface area contributed by atoms with Crippen molar-refractivity contribution in [3.05, 3.63) is 59.4 Å². The molecule has 2 rings (SSSR count). The second kappa shape index (κ2) is 7.11. The Balaban J connectivity index is 2.02. The lowest BCUT2D eigenvalue weighted by Gasteiger charge is -2.21. The molecule has 2 aromatic rings. The van der Waals surface area contributed by atoms with Crippen LogP contribution in [-0.4, -0.2) is 13.1 Å². The Bertz CT molecular complexity index is 574. The van der Waals surface area contributed by atoms with E-state index in [1.54, 1.807) is 12.1 Å². The minimum atomic E-state index is -0.208. The molecule has 0 amide bonds. The molecule has 0 unspecified atom stereocenters. The van der Waals surface area contributed by atoms with Crippen LogP contribution in [0.2, 0.25) is 0 Å². The maximum absolute atomic E-state index is 13.2. The summed E-state index contributed by atoms with van der Waals surface area (Å²) in [4.78, 5) is 2.31. The molecule has 0 aliphatic carbocycles. The lowest BCUT2D eigenvalue weighted by Crippen LogP contribution is -2.21. The molecule has 2 nitrogen and oxygen atoms in total. The van der Waals surface area contributed by atoms with Gasteiger partial charge in [0.25, 0.3) is 0 Å². The summed E-state index contributed by atoms with van der Waals surface area (Å²) in [7, 11) is 0. The highest BCUT2D eigenvalue weighted by Gasteiger charge is 2.03. The van der Waals surface area contributed by atoms with E-state index >= 15 is 0 Å². The molecule has 0 fully saturated rings. The normalized spacial score (nSPS) is 10.5. The topological polar surface area (TPSA) is 15.3 Å². The zero-order valence-electron chi connectivity index (χ0n) is 13.0. The van der Waals surface area contributed by atoms with Gasteiger partial charge in [0.05, 0.1) is 0 Å². The zero-order valence-corrected chi connectivity index (χ0v) is 13.0. The molecule has 0 saturated heterocycles. The van der Waals surface area contributed by atoms with Gasteiger partial charge >= 0.3 is 0 Å². The number of aryl methyl sites for hydroxylation is 1. The van der Waals surface area contributed by atoms with Gasteiger partial charge in [-0.2, -0.15) is 0 Å². The number of nitrogens with one attached hydrogen (secondary N) is 1. The van der Waals surface area contributed by atoms with Gasteiger partial charge in [-0.15, -0.1) is 0 Å². The van der Waals surface area contributed by atoms with E-state index < -0.39 is 0 Å². The van der Waals surface area contributed by atoms with Crippen LogP contribution in [-0.2, 0) is 6.54 Å². The minimum absolute atomic E-state index is 0.208. The molecule has 0 atom stereocenters. The largest absolute Gasteiger partial charge is 0.381 e. The molecule has 21 heavy (non-hydrogen) atoms. The first-order valence-corrected chi connectivity index (χ1v) is 7.48. The van der Waals surface area contributed by atoms with Crippen molar-refractivity contribution in [3.63, 3.8) is 0 Å². The number of rotatable bonds is 6. The summed E-state index contributed by atoms with van der Waals surface area (Å²) < 4.78 is 13.2. The van der Waals surface area contributed by atoms with Gasteiger partial charge in [0, 0.05) is 31.0 Å². The lowest BCUT2D eigenvalue weighted by atomic mass is 10.1. The summed E-state index contributed by atoms with van der Waals surface area (Å²) in [6.45, 7) is 9.01. The highest BCUT2D eigenvalue weighted by molar-refractivity contribution is 5.52. The van der Waals surface area contributed by atoms with E-state index in [4.69, 9.17) is 0 Å². The predicted molar refractivity (Wildman–Crippen MR) is 88.5 cm³/mol. The van der Waals surface area contributed by atoms with Crippen LogP contribution < -0.4 is 10.2 Å². The van der Waals surface area contributed by atoms with E-state index in [1.165, 1.54) is 17.3 Å². The second-order valence-corrected chi connectivity index (χ2v) is 5.15. The molecule has 0 aliphatic heterocycles. The van der Waals surface area contributed by atoms with Crippen molar-refractivity contribution in [2.24, 2.45) is 0 Å². The van der Waals surface area contributed by atoms with Crippen molar-refractivity contribution in [1.29, 1.82) is 0 Å². The van der Waals surface area contributed by atoms with Gasteiger partial charge in [-0.25, -0.2) is 4.39 Å². The maximum atomic E-state index is 13.2. The molecule has 0 bridgehead atoms. The van der Waals surface area contributed by atoms with Crippen LogP contribution in [0.5, 0.6) is 0 Å². The van der Waals surface area contributed by atoms with Crippen LogP contribution in [0.4, 0.5) is 15.8 Å². The van der Waals surface area contributed by atoms with Gasteiger partial charge in [0.1, 0.15) is 5.82 Å². The first-order valence-electron chi connectivity index (χ1n) is 7.48. The molecule has 0 aliphatic rings. The van der Waals surface area contributed by atoms with Crippen LogP contribution in [0.25, 0.3) is 0 Å². The van der Waals surface area contributed by atoms with Gasteiger partial charge in [0.15, 0.2) is 0 Å². The van der Waals surface area contributed by atoms with Crippen molar-refractivity contribution < 1.29 is 4.39 Å². The Morgan fingerprint density at radius 1 is 1.00 bits per heavy atom. The van der Waals surface area contributed by atoms with Crippen LogP contribution in [0.15, 0.2) is 42.5 Å². The van der Waals surface area contributed by atoms with Gasteiger partial charge in [-0.3, -0.25) is 0 Å². The Kier molecular flexibility index (Phi) is 5.20. The Morgan fingerprint density at radius 2 is 1.67 bits per heavy atom. The van der Waals surface area contributed by atoms with E-state index in [-0.39, 0.29) is 5.82 Å². The Morgan fingerprint density at radius 3 is 2.29 bits per heavy atom. The summed E-state index contributed by atoms with van der Waals surface area (Å²) in [5, 5.41) is 3.29. The van der Waals surface area contributed by atoms with E-state index in [9.17, 15) is 4.39 Å². The molecule has 0 spiro atoms. The lowest BCUT2D eigenvalue weighted by molar-refractivity contribution is 0.628. The zero-order chi connectivity index (χ0) is 15.2. The SMILES string of the molecule is CCN(CC)c1ccc(CNc2cc(F)ccc2C)cc1. The summed E-state index contributed by atoms with van der Waals surface area (Å²) in [6.07, 6.45) is 0. The standard InChI is InChI=1S/C18H23FN2/c1-4-21(5-2)17-10-7-15(8-11-17)13-20-18-12-16(19)9-6-14(18)3/h6-12,20H,4-5,13H2,1-3H3. The number of anilines is 2. The average Bonchev–Trinajstić information content (AvgIpc) is 2.51. The number of nitrogens with zero attached hydrogens (tertiary/aromatic N) is 1. The van der Waals surface area contributed by atoms with Gasteiger partial charge < -0.3 is 10.2 Å². The van der Waals surface area contributed by atoms with E-state index in [0.717, 1.165) is 24.3 Å². The van der Waals surface area contributed by atoms with Crippen LogP contribution in [0, 0.1) is 12.7 Å². The van der Waals surface area contributed by atoms with Gasteiger partial charge in [-0.1, -0.05) is 18.2 Å². The number of halogens is 1. The van der Waals surface area contributed by atoms with E-state index in [2.05, 4.69) is 48.3 Å². The minimum Gasteiger partial charge on any atom is -0.381 e. The Hall–Kier alpha value is -2.03. The second-order valence-electron chi connectivity index (χ2n) is 5.15. The van der Waals surface area contributed by atoms with Crippen molar-refractivity contribution in [2.45, 2.75) is 27.3 Å². The fourth-order valence-corrected chi connectivity index (χ4v) is 2.40. The van der Waals surface area contributed by atoms with Crippen LogP contribution >= 0.6 is 0 Å². The molecular formula is C18H23FN2. The summed E-state index contributed by atoms with van der Waals surface area (Å²) in [5.41, 5.74) is 4.33. The highest BCUT2D eigenvalue weighted by Crippen LogP contribution is 2.19. The molecular weight excluding hydrogens is 263 g/mol. The van der Waals surface area contributed by atoms with Crippen LogP contribution in [0.3, 0.4) is 0 Å². The fraction of sp³-hybridized carbons (Fsp3) is 0.333. The molecule has 0 heterocycles. The summed E-state index contributed by atoms with van der Waals surface area (Å²) >= 11 is 0. The summed E-state index contributed by atoms with van der Waals surface area (Å²) in [6, 6.07) is 13.3. The van der Waals surface area contributed by atoms with Gasteiger partial charge in [0.2, 0.25) is 0 Å². The van der Waals surface area contributed by atoms with Crippen molar-refractivity contribution in [3.8, 4) is 0 Å². The van der Waals surface area contributed by atoms with Crippen molar-refractivity contribution in [2.75, 3.05) is 23.3 Å². The quantitative estimate of drug-likeness (QED) is 0.835. The molecule has 0 aromatic heterocycles. The first-order chi connectivity index (χ1) is 10.1. The van der Waals surface area contributed by atoms with Gasteiger partial charge in [-0.05, 0) is 56.2 Å². The maximum Gasteiger partial charge on any atom is 0.125 e. The van der Waals surface area contributed by atoms with Crippen molar-refractivity contribution in [1.82, 2.24) is 0 Å². The third-order valence-electron chi connectivity index (χ3n) is 3.75. The predicted octanol–water partition coefficient (Wildman–Crippen LogP) is 4.59. The average molecular weight is 286 g/mol. The van der Waals surface area contributed by atoms with Crippen molar-refractivity contribution >= 4 is 11.4 Å². The van der Waals surface area contributed by atoms with E-state index in [0.29, 0.717) is 6.54 Å². The number of hydrogen-bond acceptors (Lipinski definition) is 2. The van der Waals surface area contributed by atoms with E-state index in [1.807, 2.05) is 6.92 Å². The summed E-state index contributed by atoms with van der Waals surface area (Å²) in [5.74, 6) is -0.208. The number of benzene rings is 2.